The summed E-state index contributed by atoms with van der Waals surface area (Å²) < 4.78 is 0. The van der Waals surface area contributed by atoms with Gasteiger partial charge >= 0.3 is 0 Å². The summed E-state index contributed by atoms with van der Waals surface area (Å²) in [6.07, 6.45) is 1.59. The second-order valence-corrected chi connectivity index (χ2v) is 3.83. The van der Waals surface area contributed by atoms with Gasteiger partial charge in [0.1, 0.15) is 5.15 Å². The lowest BCUT2D eigenvalue weighted by Gasteiger charge is -2.09. The van der Waals surface area contributed by atoms with Crippen LogP contribution in [0.3, 0.4) is 0 Å². The van der Waals surface area contributed by atoms with E-state index in [0.29, 0.717) is 5.15 Å². The van der Waals surface area contributed by atoms with E-state index in [9.17, 15) is 4.79 Å². The van der Waals surface area contributed by atoms with Gasteiger partial charge in [-0.2, -0.15) is 0 Å². The van der Waals surface area contributed by atoms with Gasteiger partial charge < -0.3 is 10.6 Å². The molecule has 0 spiro atoms. The smallest absolute Gasteiger partial charge is 0.239 e. The predicted octanol–water partition coefficient (Wildman–Crippen LogP) is 1.67. The molecule has 0 unspecified atom stereocenters. The van der Waals surface area contributed by atoms with Crippen molar-refractivity contribution in [2.45, 2.75) is 19.9 Å². The van der Waals surface area contributed by atoms with Crippen molar-refractivity contribution >= 4 is 23.2 Å². The van der Waals surface area contributed by atoms with Gasteiger partial charge in [-0.05, 0) is 26.0 Å². The van der Waals surface area contributed by atoms with Gasteiger partial charge in [-0.15, -0.1) is 0 Å². The molecule has 1 amide bonds. The third-order valence-electron chi connectivity index (χ3n) is 1.63. The summed E-state index contributed by atoms with van der Waals surface area (Å²) in [6.45, 7) is 4.07. The molecule has 0 atom stereocenters. The number of carbonyl (C=O) groups excluding carboxylic acids is 1. The van der Waals surface area contributed by atoms with Crippen molar-refractivity contribution in [3.63, 3.8) is 0 Å². The molecule has 0 bridgehead atoms. The lowest BCUT2D eigenvalue weighted by atomic mass is 10.3. The molecule has 1 aromatic rings. The Kier molecular flexibility index (Phi) is 4.37. The third-order valence-corrected chi connectivity index (χ3v) is 1.84. The highest BCUT2D eigenvalue weighted by Gasteiger charge is 2.02. The van der Waals surface area contributed by atoms with E-state index in [1.54, 1.807) is 18.3 Å². The van der Waals surface area contributed by atoms with Crippen LogP contribution in [0.25, 0.3) is 0 Å². The summed E-state index contributed by atoms with van der Waals surface area (Å²) in [5, 5.41) is 6.14. The molecule has 4 nitrogen and oxygen atoms in total. The zero-order valence-corrected chi connectivity index (χ0v) is 9.51. The lowest BCUT2D eigenvalue weighted by molar-refractivity contribution is -0.119. The zero-order chi connectivity index (χ0) is 11.3. The number of aromatic nitrogens is 1. The number of anilines is 1. The molecular formula is C10H14ClN3O. The first-order chi connectivity index (χ1) is 7.08. The second kappa shape index (κ2) is 5.56. The van der Waals surface area contributed by atoms with Crippen LogP contribution in [0.4, 0.5) is 5.69 Å². The molecule has 5 heteroatoms. The van der Waals surface area contributed by atoms with E-state index in [-0.39, 0.29) is 18.5 Å². The average molecular weight is 228 g/mol. The van der Waals surface area contributed by atoms with E-state index in [2.05, 4.69) is 15.6 Å². The molecule has 0 aliphatic carbocycles. The monoisotopic (exact) mass is 227 g/mol. The van der Waals surface area contributed by atoms with E-state index in [0.717, 1.165) is 5.69 Å². The number of hydrogen-bond donors (Lipinski definition) is 2. The fourth-order valence-corrected chi connectivity index (χ4v) is 1.24. The number of halogens is 1. The van der Waals surface area contributed by atoms with Crippen LogP contribution < -0.4 is 10.6 Å². The van der Waals surface area contributed by atoms with E-state index in [1.165, 1.54) is 0 Å². The molecular weight excluding hydrogens is 214 g/mol. The first-order valence-corrected chi connectivity index (χ1v) is 5.10. The quantitative estimate of drug-likeness (QED) is 0.770. The molecule has 0 aliphatic heterocycles. The highest BCUT2D eigenvalue weighted by molar-refractivity contribution is 6.29. The van der Waals surface area contributed by atoms with Gasteiger partial charge in [0.15, 0.2) is 0 Å². The van der Waals surface area contributed by atoms with Crippen LogP contribution in [-0.2, 0) is 4.79 Å². The highest BCUT2D eigenvalue weighted by Crippen LogP contribution is 2.10. The Bertz CT molecular complexity index is 341. The van der Waals surface area contributed by atoms with Crippen molar-refractivity contribution in [3.05, 3.63) is 23.5 Å². The number of nitrogens with one attached hydrogen (secondary N) is 2. The fourth-order valence-electron chi connectivity index (χ4n) is 1.07. The van der Waals surface area contributed by atoms with Crippen molar-refractivity contribution in [2.24, 2.45) is 0 Å². The molecule has 15 heavy (non-hydrogen) atoms. The van der Waals surface area contributed by atoms with E-state index >= 15 is 0 Å². The molecule has 0 aromatic carbocycles. The maximum absolute atomic E-state index is 11.3. The Hall–Kier alpha value is -1.29. The maximum atomic E-state index is 11.3. The average Bonchev–Trinajstić information content (AvgIpc) is 2.14. The molecule has 1 aromatic heterocycles. The molecule has 82 valence electrons. The molecule has 0 radical (unpaired) electrons. The normalized spacial score (nSPS) is 10.1. The zero-order valence-electron chi connectivity index (χ0n) is 8.75. The summed E-state index contributed by atoms with van der Waals surface area (Å²) in [5.41, 5.74) is 0.786. The summed E-state index contributed by atoms with van der Waals surface area (Å²) in [6, 6.07) is 3.58. The Morgan fingerprint density at radius 2 is 2.33 bits per heavy atom. The van der Waals surface area contributed by atoms with Crippen molar-refractivity contribution in [1.29, 1.82) is 0 Å². The Balaban J connectivity index is 2.40. The summed E-state index contributed by atoms with van der Waals surface area (Å²) in [7, 11) is 0. The number of hydrogen-bond acceptors (Lipinski definition) is 3. The van der Waals surface area contributed by atoms with Crippen molar-refractivity contribution in [2.75, 3.05) is 11.9 Å². The third kappa shape index (κ3) is 4.65. The van der Waals surface area contributed by atoms with Crippen LogP contribution in [0.1, 0.15) is 13.8 Å². The summed E-state index contributed by atoms with van der Waals surface area (Å²) in [5.74, 6) is -0.0436. The Morgan fingerprint density at radius 3 is 2.93 bits per heavy atom. The van der Waals surface area contributed by atoms with E-state index in [4.69, 9.17) is 11.6 Å². The van der Waals surface area contributed by atoms with Gasteiger partial charge in [0, 0.05) is 17.9 Å². The molecule has 0 aliphatic rings. The highest BCUT2D eigenvalue weighted by atomic mass is 35.5. The van der Waals surface area contributed by atoms with Gasteiger partial charge in [0.05, 0.1) is 6.54 Å². The second-order valence-electron chi connectivity index (χ2n) is 3.44. The van der Waals surface area contributed by atoms with Gasteiger partial charge in [0.2, 0.25) is 5.91 Å². The van der Waals surface area contributed by atoms with Crippen molar-refractivity contribution < 1.29 is 4.79 Å². The van der Waals surface area contributed by atoms with Crippen LogP contribution in [0.2, 0.25) is 5.15 Å². The Morgan fingerprint density at radius 1 is 1.60 bits per heavy atom. The first-order valence-electron chi connectivity index (χ1n) is 4.72. The number of pyridine rings is 1. The van der Waals surface area contributed by atoms with Gasteiger partial charge in [-0.25, -0.2) is 4.98 Å². The SMILES string of the molecule is CC(C)NC(=O)CNc1ccnc(Cl)c1. The maximum Gasteiger partial charge on any atom is 0.239 e. The number of carbonyl (C=O) groups is 1. The van der Waals surface area contributed by atoms with Gasteiger partial charge in [-0.1, -0.05) is 11.6 Å². The molecule has 1 heterocycles. The minimum absolute atomic E-state index is 0.0436. The van der Waals surface area contributed by atoms with Crippen LogP contribution in [0, 0.1) is 0 Å². The largest absolute Gasteiger partial charge is 0.376 e. The summed E-state index contributed by atoms with van der Waals surface area (Å²) >= 11 is 5.69. The van der Waals surface area contributed by atoms with Crippen molar-refractivity contribution in [3.8, 4) is 0 Å². The van der Waals surface area contributed by atoms with Crippen LogP contribution in [-0.4, -0.2) is 23.5 Å². The minimum Gasteiger partial charge on any atom is -0.376 e. The van der Waals surface area contributed by atoms with E-state index < -0.39 is 0 Å². The molecule has 0 saturated carbocycles. The number of amides is 1. The number of nitrogens with zero attached hydrogens (tertiary/aromatic N) is 1. The van der Waals surface area contributed by atoms with Gasteiger partial charge in [-0.3, -0.25) is 4.79 Å². The van der Waals surface area contributed by atoms with E-state index in [1.807, 2.05) is 13.8 Å². The number of rotatable bonds is 4. The molecule has 0 fully saturated rings. The Labute approximate surface area is 94.0 Å². The summed E-state index contributed by atoms with van der Waals surface area (Å²) in [4.78, 5) is 15.1. The predicted molar refractivity (Wildman–Crippen MR) is 61.0 cm³/mol. The molecule has 0 saturated heterocycles. The van der Waals surface area contributed by atoms with Crippen molar-refractivity contribution in [1.82, 2.24) is 10.3 Å². The van der Waals surface area contributed by atoms with Crippen LogP contribution in [0.5, 0.6) is 0 Å². The topological polar surface area (TPSA) is 54.0 Å². The molecule has 1 rings (SSSR count). The fraction of sp³-hybridized carbons (Fsp3) is 0.400. The molecule has 2 N–H and O–H groups in total. The standard InChI is InChI=1S/C10H14ClN3O/c1-7(2)14-10(15)6-13-8-3-4-12-9(11)5-8/h3-5,7H,6H2,1-2H3,(H,12,13)(H,14,15). The lowest BCUT2D eigenvalue weighted by Crippen LogP contribution is -2.34. The minimum atomic E-state index is -0.0436. The van der Waals surface area contributed by atoms with Gasteiger partial charge in [0.25, 0.3) is 0 Å². The first kappa shape index (κ1) is 11.8. The van der Waals surface area contributed by atoms with Crippen LogP contribution >= 0.6 is 11.6 Å². The van der Waals surface area contributed by atoms with Crippen LogP contribution in [0.15, 0.2) is 18.3 Å².